The van der Waals surface area contributed by atoms with Crippen molar-refractivity contribution in [1.29, 1.82) is 0 Å². The minimum Gasteiger partial charge on any atom is -0.355 e. The summed E-state index contributed by atoms with van der Waals surface area (Å²) in [5, 5.41) is 3.26. The number of aryl methyl sites for hydroxylation is 1. The highest BCUT2D eigenvalue weighted by Gasteiger charge is 2.34. The molecule has 212 valence electrons. The number of hydrogen-bond acceptors (Lipinski definition) is 7. The van der Waals surface area contributed by atoms with Gasteiger partial charge in [0, 0.05) is 37.0 Å². The van der Waals surface area contributed by atoms with E-state index in [1.165, 1.54) is 12.8 Å². The van der Waals surface area contributed by atoms with E-state index in [2.05, 4.69) is 43.7 Å². The molecule has 9 nitrogen and oxygen atoms in total. The zero-order valence-electron chi connectivity index (χ0n) is 24.3. The summed E-state index contributed by atoms with van der Waals surface area (Å²) in [5.74, 6) is 1.88. The van der Waals surface area contributed by atoms with Crippen molar-refractivity contribution in [2.24, 2.45) is 15.9 Å². The molecule has 0 aromatic carbocycles. The number of aliphatic imine (C=N–C) groups is 2. The molecular formula is C30H39N7O2S. The second kappa shape index (κ2) is 12.8. The lowest BCUT2D eigenvalue weighted by atomic mass is 10.1. The minimum absolute atomic E-state index is 0.171. The van der Waals surface area contributed by atoms with Crippen LogP contribution in [0.25, 0.3) is 5.70 Å². The average Bonchev–Trinajstić information content (AvgIpc) is 3.84. The number of rotatable bonds is 11. The summed E-state index contributed by atoms with van der Waals surface area (Å²) in [6, 6.07) is 3.79. The largest absolute Gasteiger partial charge is 0.355 e. The van der Waals surface area contributed by atoms with E-state index in [1.807, 2.05) is 27.8 Å². The third kappa shape index (κ3) is 7.15. The van der Waals surface area contributed by atoms with Crippen molar-refractivity contribution in [3.8, 4) is 0 Å². The Kier molecular flexibility index (Phi) is 9.40. The van der Waals surface area contributed by atoms with Crippen molar-refractivity contribution < 1.29 is 9.00 Å². The van der Waals surface area contributed by atoms with Crippen LogP contribution in [0.2, 0.25) is 0 Å². The van der Waals surface area contributed by atoms with E-state index in [4.69, 9.17) is 4.99 Å². The summed E-state index contributed by atoms with van der Waals surface area (Å²) in [6.07, 6.45) is 10.1. The number of nitrogens with one attached hydrogen (secondary N) is 1. The first kappa shape index (κ1) is 29.5. The number of aromatic nitrogens is 3. The molecule has 2 aromatic heterocycles. The fourth-order valence-corrected chi connectivity index (χ4v) is 5.04. The van der Waals surface area contributed by atoms with Crippen LogP contribution in [-0.4, -0.2) is 61.4 Å². The molecule has 40 heavy (non-hydrogen) atoms. The van der Waals surface area contributed by atoms with Gasteiger partial charge in [-0.2, -0.15) is 0 Å². The summed E-state index contributed by atoms with van der Waals surface area (Å²) in [5.41, 5.74) is 5.69. The lowest BCUT2D eigenvalue weighted by molar-refractivity contribution is -0.102. The Hall–Kier alpha value is -3.53. The average molecular weight is 562 g/mol. The second-order valence-corrected chi connectivity index (χ2v) is 12.2. The Labute approximate surface area is 239 Å². The summed E-state index contributed by atoms with van der Waals surface area (Å²) >= 11 is 0. The summed E-state index contributed by atoms with van der Waals surface area (Å²) in [7, 11) is 0.934. The molecule has 2 aliphatic rings. The fourth-order valence-electron chi connectivity index (χ4n) is 4.58. The zero-order valence-corrected chi connectivity index (χ0v) is 25.1. The van der Waals surface area contributed by atoms with Crippen LogP contribution in [0.5, 0.6) is 0 Å². The smallest absolute Gasteiger partial charge is 0.185 e. The number of amidine groups is 2. The first-order valence-corrected chi connectivity index (χ1v) is 15.2. The van der Waals surface area contributed by atoms with Gasteiger partial charge in [-0.3, -0.25) is 19.0 Å². The molecule has 2 atom stereocenters. The van der Waals surface area contributed by atoms with Gasteiger partial charge in [0.25, 0.3) is 0 Å². The van der Waals surface area contributed by atoms with E-state index in [0.29, 0.717) is 45.9 Å². The molecule has 0 radical (unpaired) electrons. The van der Waals surface area contributed by atoms with Crippen molar-refractivity contribution in [2.45, 2.75) is 76.8 Å². The lowest BCUT2D eigenvalue weighted by Crippen LogP contribution is -2.42. The maximum absolute atomic E-state index is 12.1. The zero-order chi connectivity index (χ0) is 29.0. The predicted octanol–water partition coefficient (Wildman–Crippen LogP) is 4.58. The maximum Gasteiger partial charge on any atom is 0.185 e. The highest BCUT2D eigenvalue weighted by atomic mass is 32.2. The topological polar surface area (TPSA) is 113 Å². The van der Waals surface area contributed by atoms with Gasteiger partial charge in [0.2, 0.25) is 0 Å². The van der Waals surface area contributed by atoms with Crippen molar-refractivity contribution in [1.82, 2.24) is 25.2 Å². The molecule has 1 N–H and O–H groups in total. The number of hydrogen-bond donors (Lipinski definition) is 1. The van der Waals surface area contributed by atoms with Crippen LogP contribution in [0, 0.1) is 12.8 Å². The van der Waals surface area contributed by atoms with E-state index < -0.39 is 10.8 Å². The Morgan fingerprint density at radius 1 is 1.23 bits per heavy atom. The number of pyridine rings is 1. The molecule has 4 rings (SSSR count). The third-order valence-electron chi connectivity index (χ3n) is 7.44. The summed E-state index contributed by atoms with van der Waals surface area (Å²) < 4.78 is 11.7. The van der Waals surface area contributed by atoms with Crippen molar-refractivity contribution in [3.05, 3.63) is 65.2 Å². The molecule has 0 amide bonds. The third-order valence-corrected chi connectivity index (χ3v) is 8.34. The van der Waals surface area contributed by atoms with Crippen LogP contribution in [0.15, 0.2) is 57.4 Å². The van der Waals surface area contributed by atoms with Crippen molar-refractivity contribution in [2.75, 3.05) is 13.3 Å². The number of nitrogens with zero attached hydrogens (tertiary/aromatic N) is 6. The van der Waals surface area contributed by atoms with Crippen LogP contribution >= 0.6 is 0 Å². The first-order chi connectivity index (χ1) is 19.1. The second-order valence-electron chi connectivity index (χ2n) is 10.8. The van der Waals surface area contributed by atoms with E-state index in [9.17, 15) is 9.00 Å². The first-order valence-electron chi connectivity index (χ1n) is 13.7. The van der Waals surface area contributed by atoms with Gasteiger partial charge in [0.05, 0.1) is 50.7 Å². The van der Waals surface area contributed by atoms with Crippen LogP contribution in [0.1, 0.15) is 75.0 Å². The molecule has 2 saturated carbocycles. The van der Waals surface area contributed by atoms with E-state index in [1.54, 1.807) is 30.9 Å². The quantitative estimate of drug-likeness (QED) is 0.243. The van der Waals surface area contributed by atoms with Gasteiger partial charge in [-0.25, -0.2) is 15.0 Å². The van der Waals surface area contributed by atoms with Gasteiger partial charge >= 0.3 is 0 Å². The number of aldehydes is 1. The Balaban J connectivity index is 1.67. The number of carbonyl (C=O) groups excluding carboxylic acids is 1. The van der Waals surface area contributed by atoms with Gasteiger partial charge in [-0.05, 0) is 77.0 Å². The highest BCUT2D eigenvalue weighted by Crippen LogP contribution is 2.42. The molecule has 0 aliphatic heterocycles. The Morgan fingerprint density at radius 2 is 1.95 bits per heavy atom. The molecule has 0 spiro atoms. The molecule has 10 heteroatoms. The van der Waals surface area contributed by atoms with Crippen LogP contribution in [-0.2, 0) is 22.1 Å². The molecule has 1 unspecified atom stereocenters. The van der Waals surface area contributed by atoms with E-state index in [-0.39, 0.29) is 18.4 Å². The Bertz CT molecular complexity index is 1390. The standard InChI is InChI=1S/C30H39N7O2S/c1-18(2)28(36-26(16-38)32-14-24-12-13-25(15-31-24)40(7)39)30(37(6)21(5)22-8-9-22)35-20(4)27-19(3)33-17-34-29(27)23-10-11-23/h12-13,15-17,21-23H,4,8-11,14H2,1-3,5-7H3,(H,32,36)/t21-,40?/m0/s1. The fraction of sp³-hybridized carbons (Fsp3) is 0.467. The lowest BCUT2D eigenvalue weighted by Gasteiger charge is -2.31. The highest BCUT2D eigenvalue weighted by molar-refractivity contribution is 7.84. The SMILES string of the molecule is C=C(N=C(C(NC(C=O)=NCc1ccc(S(C)=O)cn1)=C(C)C)N(C)[C@@H](C)C1CC1)c1c(C)ncnc1C1CC1. The summed E-state index contributed by atoms with van der Waals surface area (Å²) in [4.78, 5) is 37.9. The molecular weight excluding hydrogens is 522 g/mol. The number of allylic oxidation sites excluding steroid dienone is 1. The normalized spacial score (nSPS) is 17.1. The predicted molar refractivity (Wildman–Crippen MR) is 160 cm³/mol. The van der Waals surface area contributed by atoms with Gasteiger partial charge in [0.15, 0.2) is 18.0 Å². The molecule has 0 bridgehead atoms. The van der Waals surface area contributed by atoms with Gasteiger partial charge in [-0.15, -0.1) is 0 Å². The van der Waals surface area contributed by atoms with Gasteiger partial charge < -0.3 is 10.2 Å². The maximum atomic E-state index is 12.1. The molecule has 2 fully saturated rings. The van der Waals surface area contributed by atoms with Crippen molar-refractivity contribution in [3.63, 3.8) is 0 Å². The van der Waals surface area contributed by atoms with E-state index in [0.717, 1.165) is 35.4 Å². The Morgan fingerprint density at radius 3 is 2.50 bits per heavy atom. The number of carbonyl (C=O) groups is 1. The molecule has 2 heterocycles. The summed E-state index contributed by atoms with van der Waals surface area (Å²) in [6.45, 7) is 12.7. The van der Waals surface area contributed by atoms with Crippen LogP contribution in [0.4, 0.5) is 0 Å². The van der Waals surface area contributed by atoms with Crippen molar-refractivity contribution >= 4 is 34.5 Å². The van der Waals surface area contributed by atoms with Gasteiger partial charge in [0.1, 0.15) is 6.33 Å². The number of likely N-dealkylation sites (N-methyl/N-ethyl adjacent to an activating group) is 1. The van der Waals surface area contributed by atoms with Gasteiger partial charge in [-0.1, -0.05) is 6.58 Å². The molecule has 2 aliphatic carbocycles. The monoisotopic (exact) mass is 561 g/mol. The van der Waals surface area contributed by atoms with Crippen LogP contribution in [0.3, 0.4) is 0 Å². The molecule has 0 saturated heterocycles. The minimum atomic E-state index is -1.10. The molecule has 2 aromatic rings. The van der Waals surface area contributed by atoms with Crippen LogP contribution < -0.4 is 5.32 Å². The van der Waals surface area contributed by atoms with E-state index >= 15 is 0 Å².